The highest BCUT2D eigenvalue weighted by molar-refractivity contribution is 7.99. The van der Waals surface area contributed by atoms with Crippen LogP contribution >= 0.6 is 11.8 Å². The van der Waals surface area contributed by atoms with Crippen molar-refractivity contribution < 1.29 is 0 Å². The van der Waals surface area contributed by atoms with Gasteiger partial charge in [0, 0.05) is 6.04 Å². The van der Waals surface area contributed by atoms with Gasteiger partial charge in [-0.05, 0) is 49.1 Å². The van der Waals surface area contributed by atoms with E-state index in [1.807, 2.05) is 0 Å². The number of nitrogens with one attached hydrogen (secondary N) is 1. The standard InChI is InChI=1S/C14H29NS/c1-4-6-12(3)10-14(15-8-5-2)13-7-9-16-11-13/h12-15H,4-11H2,1-3H3. The first-order chi connectivity index (χ1) is 7.77. The average Bonchev–Trinajstić information content (AvgIpc) is 2.77. The molecular formula is C14H29NS. The van der Waals surface area contributed by atoms with Crippen molar-refractivity contribution in [3.63, 3.8) is 0 Å². The van der Waals surface area contributed by atoms with Gasteiger partial charge >= 0.3 is 0 Å². The molecule has 1 fully saturated rings. The Morgan fingerprint density at radius 2 is 2.12 bits per heavy atom. The molecule has 1 heterocycles. The van der Waals surface area contributed by atoms with E-state index in [4.69, 9.17) is 0 Å². The SMILES string of the molecule is CCCNC(CC(C)CCC)C1CCSC1. The maximum Gasteiger partial charge on any atom is 0.0106 e. The Morgan fingerprint density at radius 1 is 1.31 bits per heavy atom. The quantitative estimate of drug-likeness (QED) is 0.693. The van der Waals surface area contributed by atoms with Gasteiger partial charge in [-0.3, -0.25) is 0 Å². The molecule has 0 aromatic heterocycles. The summed E-state index contributed by atoms with van der Waals surface area (Å²) in [4.78, 5) is 0. The zero-order chi connectivity index (χ0) is 11.8. The van der Waals surface area contributed by atoms with Crippen LogP contribution in [0.25, 0.3) is 0 Å². The third-order valence-corrected chi connectivity index (χ3v) is 4.82. The average molecular weight is 243 g/mol. The molecule has 0 saturated carbocycles. The molecule has 2 heteroatoms. The summed E-state index contributed by atoms with van der Waals surface area (Å²) in [6.07, 6.45) is 6.81. The lowest BCUT2D eigenvalue weighted by atomic mass is 9.89. The summed E-state index contributed by atoms with van der Waals surface area (Å²) in [7, 11) is 0. The van der Waals surface area contributed by atoms with Crippen molar-refractivity contribution in [2.45, 2.75) is 58.9 Å². The van der Waals surface area contributed by atoms with Gasteiger partial charge in [0.1, 0.15) is 0 Å². The molecule has 16 heavy (non-hydrogen) atoms. The van der Waals surface area contributed by atoms with E-state index >= 15 is 0 Å². The maximum atomic E-state index is 3.79. The van der Waals surface area contributed by atoms with Crippen molar-refractivity contribution in [1.29, 1.82) is 0 Å². The molecule has 0 bridgehead atoms. The van der Waals surface area contributed by atoms with Crippen LogP contribution in [-0.4, -0.2) is 24.1 Å². The van der Waals surface area contributed by atoms with Crippen LogP contribution in [-0.2, 0) is 0 Å². The largest absolute Gasteiger partial charge is 0.314 e. The number of hydrogen-bond acceptors (Lipinski definition) is 2. The van der Waals surface area contributed by atoms with E-state index in [9.17, 15) is 0 Å². The van der Waals surface area contributed by atoms with Gasteiger partial charge in [0.2, 0.25) is 0 Å². The second kappa shape index (κ2) is 8.41. The Kier molecular flexibility index (Phi) is 7.55. The molecule has 1 nitrogen and oxygen atoms in total. The fraction of sp³-hybridized carbons (Fsp3) is 1.00. The normalized spacial score (nSPS) is 24.6. The van der Waals surface area contributed by atoms with Crippen LogP contribution in [0.15, 0.2) is 0 Å². The maximum absolute atomic E-state index is 3.79. The molecule has 1 N–H and O–H groups in total. The Balaban J connectivity index is 2.35. The molecular weight excluding hydrogens is 214 g/mol. The fourth-order valence-corrected chi connectivity index (χ4v) is 4.02. The first kappa shape index (κ1) is 14.4. The minimum atomic E-state index is 0.788. The van der Waals surface area contributed by atoms with Crippen molar-refractivity contribution in [2.75, 3.05) is 18.1 Å². The second-order valence-corrected chi connectivity index (χ2v) is 6.46. The topological polar surface area (TPSA) is 12.0 Å². The van der Waals surface area contributed by atoms with E-state index in [-0.39, 0.29) is 0 Å². The molecule has 1 aliphatic rings. The molecule has 0 radical (unpaired) electrons. The Hall–Kier alpha value is 0.310. The van der Waals surface area contributed by atoms with Crippen LogP contribution in [0, 0.1) is 11.8 Å². The van der Waals surface area contributed by atoms with Crippen molar-refractivity contribution >= 4 is 11.8 Å². The van der Waals surface area contributed by atoms with Gasteiger partial charge in [0.15, 0.2) is 0 Å². The summed E-state index contributed by atoms with van der Waals surface area (Å²) < 4.78 is 0. The second-order valence-electron chi connectivity index (χ2n) is 5.31. The zero-order valence-corrected chi connectivity index (χ0v) is 12.1. The van der Waals surface area contributed by atoms with Crippen LogP contribution in [0.5, 0.6) is 0 Å². The van der Waals surface area contributed by atoms with Gasteiger partial charge < -0.3 is 5.32 Å². The smallest absolute Gasteiger partial charge is 0.0106 e. The predicted molar refractivity (Wildman–Crippen MR) is 76.2 cm³/mol. The molecule has 3 atom stereocenters. The lowest BCUT2D eigenvalue weighted by Crippen LogP contribution is -2.38. The Morgan fingerprint density at radius 3 is 2.69 bits per heavy atom. The summed E-state index contributed by atoms with van der Waals surface area (Å²) in [6, 6.07) is 0.788. The molecule has 3 unspecified atom stereocenters. The number of hydrogen-bond donors (Lipinski definition) is 1. The summed E-state index contributed by atoms with van der Waals surface area (Å²) in [5.74, 6) is 4.61. The Bertz CT molecular complexity index is 166. The molecule has 1 aliphatic heterocycles. The van der Waals surface area contributed by atoms with E-state index in [1.165, 1.54) is 50.2 Å². The molecule has 0 spiro atoms. The van der Waals surface area contributed by atoms with Crippen molar-refractivity contribution in [1.82, 2.24) is 5.32 Å². The first-order valence-electron chi connectivity index (χ1n) is 7.09. The molecule has 0 aromatic rings. The molecule has 0 aliphatic carbocycles. The van der Waals surface area contributed by atoms with Crippen LogP contribution < -0.4 is 5.32 Å². The van der Waals surface area contributed by atoms with Gasteiger partial charge in [-0.15, -0.1) is 0 Å². The first-order valence-corrected chi connectivity index (χ1v) is 8.24. The highest BCUT2D eigenvalue weighted by Crippen LogP contribution is 2.29. The van der Waals surface area contributed by atoms with Gasteiger partial charge in [-0.2, -0.15) is 11.8 Å². The minimum absolute atomic E-state index is 0.788. The van der Waals surface area contributed by atoms with Crippen molar-refractivity contribution in [3.05, 3.63) is 0 Å². The van der Waals surface area contributed by atoms with E-state index < -0.39 is 0 Å². The summed E-state index contributed by atoms with van der Waals surface area (Å²) in [5, 5.41) is 3.79. The molecule has 0 amide bonds. The van der Waals surface area contributed by atoms with Crippen LogP contribution in [0.4, 0.5) is 0 Å². The number of rotatable bonds is 8. The van der Waals surface area contributed by atoms with Gasteiger partial charge in [0.25, 0.3) is 0 Å². The van der Waals surface area contributed by atoms with E-state index in [1.54, 1.807) is 0 Å². The highest BCUT2D eigenvalue weighted by atomic mass is 32.2. The molecule has 96 valence electrons. The molecule has 1 saturated heterocycles. The van der Waals surface area contributed by atoms with Crippen molar-refractivity contribution in [2.24, 2.45) is 11.8 Å². The van der Waals surface area contributed by atoms with Gasteiger partial charge in [-0.25, -0.2) is 0 Å². The monoisotopic (exact) mass is 243 g/mol. The predicted octanol–water partition coefficient (Wildman–Crippen LogP) is 3.93. The number of thioether (sulfide) groups is 1. The summed E-state index contributed by atoms with van der Waals surface area (Å²) in [6.45, 7) is 8.19. The lowest BCUT2D eigenvalue weighted by molar-refractivity contribution is 0.309. The fourth-order valence-electron chi connectivity index (χ4n) is 2.69. The summed E-state index contributed by atoms with van der Waals surface area (Å²) >= 11 is 2.14. The minimum Gasteiger partial charge on any atom is -0.314 e. The zero-order valence-electron chi connectivity index (χ0n) is 11.3. The Labute approximate surface area is 106 Å². The lowest BCUT2D eigenvalue weighted by Gasteiger charge is -2.27. The van der Waals surface area contributed by atoms with E-state index in [2.05, 4.69) is 37.8 Å². The molecule has 0 aromatic carbocycles. The van der Waals surface area contributed by atoms with Crippen LogP contribution in [0.3, 0.4) is 0 Å². The third-order valence-electron chi connectivity index (χ3n) is 3.63. The van der Waals surface area contributed by atoms with Crippen molar-refractivity contribution in [3.8, 4) is 0 Å². The van der Waals surface area contributed by atoms with Gasteiger partial charge in [0.05, 0.1) is 0 Å². The third kappa shape index (κ3) is 5.09. The van der Waals surface area contributed by atoms with E-state index in [0.29, 0.717) is 0 Å². The van der Waals surface area contributed by atoms with Crippen LogP contribution in [0.2, 0.25) is 0 Å². The highest BCUT2D eigenvalue weighted by Gasteiger charge is 2.25. The summed E-state index contributed by atoms with van der Waals surface area (Å²) in [5.41, 5.74) is 0. The van der Waals surface area contributed by atoms with E-state index in [0.717, 1.165) is 17.9 Å². The van der Waals surface area contributed by atoms with Crippen LogP contribution in [0.1, 0.15) is 52.9 Å². The van der Waals surface area contributed by atoms with Gasteiger partial charge in [-0.1, -0.05) is 33.6 Å². The molecule has 1 rings (SSSR count).